The molecule has 0 radical (unpaired) electrons. The van der Waals surface area contributed by atoms with E-state index in [9.17, 15) is 8.42 Å². The summed E-state index contributed by atoms with van der Waals surface area (Å²) < 4.78 is 27.6. The van der Waals surface area contributed by atoms with Crippen LogP contribution in [0, 0.1) is 0 Å². The highest BCUT2D eigenvalue weighted by Gasteiger charge is 2.22. The molecule has 2 heterocycles. The quantitative estimate of drug-likeness (QED) is 0.541. The van der Waals surface area contributed by atoms with Crippen molar-refractivity contribution in [2.75, 3.05) is 55.7 Å². The van der Waals surface area contributed by atoms with Crippen molar-refractivity contribution in [1.29, 1.82) is 0 Å². The second-order valence-corrected chi connectivity index (χ2v) is 9.00. The van der Waals surface area contributed by atoms with Crippen LogP contribution in [0.2, 0.25) is 0 Å². The van der Waals surface area contributed by atoms with Crippen molar-refractivity contribution >= 4 is 32.5 Å². The first kappa shape index (κ1) is 19.9. The van der Waals surface area contributed by atoms with E-state index in [-0.39, 0.29) is 11.5 Å². The van der Waals surface area contributed by atoms with E-state index in [4.69, 9.17) is 0 Å². The molecular weight excluding hydrogens is 360 g/mol. The van der Waals surface area contributed by atoms with Crippen molar-refractivity contribution in [3.8, 4) is 0 Å². The SMILES string of the molecule is CCNC(=NCCS(=O)(=O)CC)N1CCN(c2nc(CC)ns2)CC1. The molecule has 0 aromatic carbocycles. The highest BCUT2D eigenvalue weighted by atomic mass is 32.2. The second-order valence-electron chi connectivity index (χ2n) is 5.79. The van der Waals surface area contributed by atoms with Gasteiger partial charge in [0.05, 0.1) is 12.3 Å². The molecule has 1 N–H and O–H groups in total. The average molecular weight is 389 g/mol. The number of hydrogen-bond donors (Lipinski definition) is 1. The third kappa shape index (κ3) is 5.81. The predicted molar refractivity (Wildman–Crippen MR) is 103 cm³/mol. The van der Waals surface area contributed by atoms with E-state index in [1.807, 2.05) is 6.92 Å². The number of aliphatic imine (C=N–C) groups is 1. The maximum absolute atomic E-state index is 11.6. The van der Waals surface area contributed by atoms with Gasteiger partial charge in [-0.3, -0.25) is 4.99 Å². The van der Waals surface area contributed by atoms with Gasteiger partial charge in [0.2, 0.25) is 5.13 Å². The zero-order valence-corrected chi connectivity index (χ0v) is 16.9. The lowest BCUT2D eigenvalue weighted by atomic mass is 10.3. The van der Waals surface area contributed by atoms with Crippen molar-refractivity contribution in [3.63, 3.8) is 0 Å². The van der Waals surface area contributed by atoms with Crippen LogP contribution < -0.4 is 10.2 Å². The summed E-state index contributed by atoms with van der Waals surface area (Å²) in [6.07, 6.45) is 0.856. The van der Waals surface area contributed by atoms with Crippen LogP contribution in [0.4, 0.5) is 5.13 Å². The molecule has 1 fully saturated rings. The number of piperazine rings is 1. The molecule has 142 valence electrons. The van der Waals surface area contributed by atoms with Crippen LogP contribution in [0.15, 0.2) is 4.99 Å². The summed E-state index contributed by atoms with van der Waals surface area (Å²) in [5.41, 5.74) is 0. The van der Waals surface area contributed by atoms with E-state index in [1.54, 1.807) is 6.92 Å². The molecule has 2 rings (SSSR count). The standard InChI is InChI=1S/C15H28N6O2S2/c1-4-13-18-15(24-19-13)21-10-8-20(9-11-21)14(16-5-2)17-7-12-25(22,23)6-3/h4-12H2,1-3H3,(H,16,17). The summed E-state index contributed by atoms with van der Waals surface area (Å²) in [5.74, 6) is 1.96. The van der Waals surface area contributed by atoms with Crippen molar-refractivity contribution in [3.05, 3.63) is 5.82 Å². The second kappa shape index (κ2) is 9.33. The van der Waals surface area contributed by atoms with Gasteiger partial charge in [-0.05, 0) is 6.92 Å². The minimum absolute atomic E-state index is 0.100. The largest absolute Gasteiger partial charge is 0.357 e. The lowest BCUT2D eigenvalue weighted by molar-refractivity contribution is 0.372. The van der Waals surface area contributed by atoms with Gasteiger partial charge in [-0.15, -0.1) is 0 Å². The van der Waals surface area contributed by atoms with Crippen LogP contribution in [0.3, 0.4) is 0 Å². The Labute approximate surface area is 154 Å². The first-order valence-corrected chi connectivity index (χ1v) is 11.4. The molecule has 8 nitrogen and oxygen atoms in total. The highest BCUT2D eigenvalue weighted by Crippen LogP contribution is 2.19. The van der Waals surface area contributed by atoms with Crippen molar-refractivity contribution in [2.45, 2.75) is 27.2 Å². The Kier molecular flexibility index (Phi) is 7.42. The summed E-state index contributed by atoms with van der Waals surface area (Å²) in [4.78, 5) is 13.5. The van der Waals surface area contributed by atoms with Gasteiger partial charge in [0.15, 0.2) is 15.8 Å². The van der Waals surface area contributed by atoms with Crippen LogP contribution >= 0.6 is 11.5 Å². The summed E-state index contributed by atoms with van der Waals surface area (Å²) in [6, 6.07) is 0. The first-order chi connectivity index (χ1) is 12.0. The Balaban J connectivity index is 1.92. The van der Waals surface area contributed by atoms with Crippen LogP contribution in [0.5, 0.6) is 0 Å². The van der Waals surface area contributed by atoms with E-state index < -0.39 is 9.84 Å². The van der Waals surface area contributed by atoms with Crippen molar-refractivity contribution in [2.24, 2.45) is 4.99 Å². The molecule has 0 unspecified atom stereocenters. The topological polar surface area (TPSA) is 90.8 Å². The highest BCUT2D eigenvalue weighted by molar-refractivity contribution is 7.91. The van der Waals surface area contributed by atoms with Gasteiger partial charge >= 0.3 is 0 Å². The number of nitrogens with zero attached hydrogens (tertiary/aromatic N) is 5. The van der Waals surface area contributed by atoms with Crippen molar-refractivity contribution < 1.29 is 8.42 Å². The minimum Gasteiger partial charge on any atom is -0.357 e. The summed E-state index contributed by atoms with van der Waals surface area (Å²) in [6.45, 7) is 10.2. The summed E-state index contributed by atoms with van der Waals surface area (Å²) in [7, 11) is -2.98. The maximum Gasteiger partial charge on any atom is 0.205 e. The fourth-order valence-electron chi connectivity index (χ4n) is 2.49. The molecule has 1 aliphatic heterocycles. The zero-order chi connectivity index (χ0) is 18.3. The van der Waals surface area contributed by atoms with Gasteiger partial charge in [-0.1, -0.05) is 13.8 Å². The number of nitrogens with one attached hydrogen (secondary N) is 1. The monoisotopic (exact) mass is 388 g/mol. The van der Waals surface area contributed by atoms with Crippen LogP contribution in [-0.2, 0) is 16.3 Å². The zero-order valence-electron chi connectivity index (χ0n) is 15.2. The number of hydrogen-bond acceptors (Lipinski definition) is 7. The van der Waals surface area contributed by atoms with E-state index in [0.29, 0.717) is 6.54 Å². The molecule has 0 saturated carbocycles. The average Bonchev–Trinajstić information content (AvgIpc) is 3.10. The first-order valence-electron chi connectivity index (χ1n) is 8.80. The Hall–Kier alpha value is -1.42. The molecular formula is C15H28N6O2S2. The number of aromatic nitrogens is 2. The third-order valence-electron chi connectivity index (χ3n) is 4.06. The van der Waals surface area contributed by atoms with Gasteiger partial charge in [0, 0.05) is 56.4 Å². The van der Waals surface area contributed by atoms with Crippen LogP contribution in [0.25, 0.3) is 0 Å². The minimum atomic E-state index is -2.98. The van der Waals surface area contributed by atoms with Gasteiger partial charge in [-0.25, -0.2) is 13.4 Å². The Morgan fingerprint density at radius 1 is 1.24 bits per heavy atom. The molecule has 1 saturated heterocycles. The van der Waals surface area contributed by atoms with Gasteiger partial charge in [-0.2, -0.15) is 4.37 Å². The lowest BCUT2D eigenvalue weighted by Gasteiger charge is -2.36. The Bertz CT molecular complexity index is 665. The fourth-order valence-corrected chi connectivity index (χ4v) is 3.95. The molecule has 0 spiro atoms. The molecule has 10 heteroatoms. The predicted octanol–water partition coefficient (Wildman–Crippen LogP) is 0.623. The van der Waals surface area contributed by atoms with Crippen LogP contribution in [0.1, 0.15) is 26.6 Å². The molecule has 0 bridgehead atoms. The molecule has 1 aromatic heterocycles. The summed E-state index contributed by atoms with van der Waals surface area (Å²) in [5, 5.41) is 4.24. The van der Waals surface area contributed by atoms with E-state index >= 15 is 0 Å². The molecule has 0 amide bonds. The number of guanidine groups is 1. The molecule has 25 heavy (non-hydrogen) atoms. The Morgan fingerprint density at radius 2 is 1.96 bits per heavy atom. The molecule has 0 atom stereocenters. The molecule has 1 aromatic rings. The van der Waals surface area contributed by atoms with Crippen molar-refractivity contribution in [1.82, 2.24) is 19.6 Å². The normalized spacial score (nSPS) is 16.4. The maximum atomic E-state index is 11.6. The third-order valence-corrected chi connectivity index (χ3v) is 6.56. The van der Waals surface area contributed by atoms with E-state index in [0.717, 1.165) is 56.1 Å². The lowest BCUT2D eigenvalue weighted by Crippen LogP contribution is -2.52. The molecule has 0 aliphatic carbocycles. The van der Waals surface area contributed by atoms with E-state index in [1.165, 1.54) is 11.5 Å². The fraction of sp³-hybridized carbons (Fsp3) is 0.800. The number of rotatable bonds is 7. The summed E-state index contributed by atoms with van der Waals surface area (Å²) >= 11 is 1.45. The molecule has 1 aliphatic rings. The number of aryl methyl sites for hydroxylation is 1. The van der Waals surface area contributed by atoms with Crippen LogP contribution in [-0.4, -0.2) is 79.4 Å². The van der Waals surface area contributed by atoms with Gasteiger partial charge < -0.3 is 15.1 Å². The van der Waals surface area contributed by atoms with Gasteiger partial charge in [0.25, 0.3) is 0 Å². The number of anilines is 1. The Morgan fingerprint density at radius 3 is 2.52 bits per heavy atom. The smallest absolute Gasteiger partial charge is 0.205 e. The van der Waals surface area contributed by atoms with Gasteiger partial charge in [0.1, 0.15) is 5.82 Å². The number of sulfone groups is 1. The van der Waals surface area contributed by atoms with E-state index in [2.05, 4.69) is 36.4 Å².